The van der Waals surface area contributed by atoms with Crippen molar-refractivity contribution in [2.24, 2.45) is 0 Å². The van der Waals surface area contributed by atoms with Gasteiger partial charge >= 0.3 is 0 Å². The van der Waals surface area contributed by atoms with E-state index in [-0.39, 0.29) is 0 Å². The number of fused-ring (bicyclic) bond motifs is 1. The highest BCUT2D eigenvalue weighted by atomic mass is 16.5. The van der Waals surface area contributed by atoms with E-state index >= 15 is 0 Å². The van der Waals surface area contributed by atoms with Crippen molar-refractivity contribution in [1.29, 1.82) is 0 Å². The largest absolute Gasteiger partial charge is 0.487 e. The lowest BCUT2D eigenvalue weighted by Gasteiger charge is -2.08. The molecular formula is C17H19N3O. The molecule has 0 unspecified atom stereocenters. The van der Waals surface area contributed by atoms with Crippen molar-refractivity contribution in [1.82, 2.24) is 9.78 Å². The molecule has 0 amide bonds. The summed E-state index contributed by atoms with van der Waals surface area (Å²) >= 11 is 0. The van der Waals surface area contributed by atoms with Gasteiger partial charge in [-0.05, 0) is 31.5 Å². The number of benzene rings is 2. The average Bonchev–Trinajstić information content (AvgIpc) is 2.86. The van der Waals surface area contributed by atoms with Crippen molar-refractivity contribution in [3.63, 3.8) is 0 Å². The van der Waals surface area contributed by atoms with Crippen molar-refractivity contribution >= 4 is 16.6 Å². The highest BCUT2D eigenvalue weighted by molar-refractivity contribution is 5.81. The summed E-state index contributed by atoms with van der Waals surface area (Å²) in [5.74, 6) is 0.810. The monoisotopic (exact) mass is 281 g/mol. The minimum absolute atomic E-state index is 0.442. The molecule has 0 fully saturated rings. The molecule has 0 radical (unpaired) electrons. The molecule has 0 spiro atoms. The van der Waals surface area contributed by atoms with Crippen molar-refractivity contribution in [2.75, 3.05) is 5.73 Å². The normalized spacial score (nSPS) is 11.0. The second-order valence-electron chi connectivity index (χ2n) is 5.09. The predicted octanol–water partition coefficient (Wildman–Crippen LogP) is 3.53. The molecule has 3 rings (SSSR count). The number of hydrogen-bond acceptors (Lipinski definition) is 3. The second kappa shape index (κ2) is 5.48. The second-order valence-corrected chi connectivity index (χ2v) is 5.09. The summed E-state index contributed by atoms with van der Waals surface area (Å²) in [7, 11) is 0. The van der Waals surface area contributed by atoms with E-state index in [1.165, 1.54) is 0 Å². The van der Waals surface area contributed by atoms with E-state index in [1.54, 1.807) is 0 Å². The van der Waals surface area contributed by atoms with Crippen LogP contribution in [-0.2, 0) is 13.2 Å². The maximum atomic E-state index is 5.91. The Bertz CT molecular complexity index is 777. The van der Waals surface area contributed by atoms with Crippen LogP contribution in [0.3, 0.4) is 0 Å². The first-order chi connectivity index (χ1) is 10.2. The molecule has 108 valence electrons. The highest BCUT2D eigenvalue weighted by Crippen LogP contribution is 2.24. The van der Waals surface area contributed by atoms with Crippen LogP contribution in [0.15, 0.2) is 42.5 Å². The molecule has 0 bridgehead atoms. The molecule has 1 heterocycles. The third kappa shape index (κ3) is 2.57. The van der Waals surface area contributed by atoms with Crippen LogP contribution >= 0.6 is 0 Å². The van der Waals surface area contributed by atoms with Gasteiger partial charge in [-0.2, -0.15) is 5.10 Å². The fourth-order valence-electron chi connectivity index (χ4n) is 2.46. The van der Waals surface area contributed by atoms with Crippen LogP contribution in [0, 0.1) is 6.92 Å². The van der Waals surface area contributed by atoms with Gasteiger partial charge in [-0.15, -0.1) is 0 Å². The van der Waals surface area contributed by atoms with Gasteiger partial charge in [0.15, 0.2) is 0 Å². The summed E-state index contributed by atoms with van der Waals surface area (Å²) in [6.45, 7) is 5.39. The molecule has 0 aliphatic carbocycles. The Labute approximate surface area is 124 Å². The maximum Gasteiger partial charge on any atom is 0.133 e. The van der Waals surface area contributed by atoms with E-state index < -0.39 is 0 Å². The number of anilines is 1. The number of nitrogens with two attached hydrogens (primary N) is 1. The molecule has 3 aromatic rings. The Hall–Kier alpha value is -2.49. The lowest BCUT2D eigenvalue weighted by atomic mass is 10.2. The van der Waals surface area contributed by atoms with Crippen LogP contribution in [0.2, 0.25) is 0 Å². The van der Waals surface area contributed by atoms with Gasteiger partial charge in [0.2, 0.25) is 0 Å². The van der Waals surface area contributed by atoms with E-state index in [2.05, 4.69) is 24.2 Å². The summed E-state index contributed by atoms with van der Waals surface area (Å²) in [5.41, 5.74) is 9.69. The summed E-state index contributed by atoms with van der Waals surface area (Å²) < 4.78 is 7.91. The Morgan fingerprint density at radius 2 is 2.00 bits per heavy atom. The quantitative estimate of drug-likeness (QED) is 0.744. The number of nitrogen functional groups attached to an aromatic ring is 1. The van der Waals surface area contributed by atoms with Gasteiger partial charge < -0.3 is 10.5 Å². The standard InChI is InChI=1S/C17H19N3O/c1-3-20-16-7-5-4-6-14(16)15(19-20)11-21-17-10-13(18)9-8-12(17)2/h4-10H,3,11,18H2,1-2H3. The first kappa shape index (κ1) is 13.5. The van der Waals surface area contributed by atoms with Gasteiger partial charge in [-0.25, -0.2) is 0 Å². The molecule has 1 aromatic heterocycles. The molecule has 2 aromatic carbocycles. The van der Waals surface area contributed by atoms with Crippen molar-refractivity contribution < 1.29 is 4.74 Å². The van der Waals surface area contributed by atoms with Gasteiger partial charge in [-0.1, -0.05) is 24.3 Å². The lowest BCUT2D eigenvalue weighted by Crippen LogP contribution is -2.01. The highest BCUT2D eigenvalue weighted by Gasteiger charge is 2.10. The number of ether oxygens (including phenoxy) is 1. The Balaban J connectivity index is 1.90. The molecule has 0 aliphatic heterocycles. The number of aryl methyl sites for hydroxylation is 2. The molecule has 2 N–H and O–H groups in total. The summed E-state index contributed by atoms with van der Waals surface area (Å²) in [5, 5.41) is 5.78. The van der Waals surface area contributed by atoms with Gasteiger partial charge in [-0.3, -0.25) is 4.68 Å². The number of hydrogen-bond donors (Lipinski definition) is 1. The minimum atomic E-state index is 0.442. The van der Waals surface area contributed by atoms with Gasteiger partial charge in [0.05, 0.1) is 5.52 Å². The summed E-state index contributed by atoms with van der Waals surface area (Å²) in [4.78, 5) is 0. The zero-order chi connectivity index (χ0) is 14.8. The third-order valence-electron chi connectivity index (χ3n) is 3.61. The van der Waals surface area contributed by atoms with Crippen LogP contribution in [0.4, 0.5) is 5.69 Å². The number of rotatable bonds is 4. The number of nitrogens with zero attached hydrogens (tertiary/aromatic N) is 2. The van der Waals surface area contributed by atoms with E-state index in [1.807, 2.05) is 41.9 Å². The van der Waals surface area contributed by atoms with Crippen molar-refractivity contribution in [3.05, 3.63) is 53.7 Å². The Kier molecular flexibility index (Phi) is 3.52. The molecule has 0 saturated carbocycles. The molecule has 4 heteroatoms. The van der Waals surface area contributed by atoms with Crippen molar-refractivity contribution in [3.8, 4) is 5.75 Å². The zero-order valence-corrected chi connectivity index (χ0v) is 12.3. The smallest absolute Gasteiger partial charge is 0.133 e. The molecule has 0 saturated heterocycles. The maximum absolute atomic E-state index is 5.91. The molecule has 0 atom stereocenters. The van der Waals surface area contributed by atoms with Gasteiger partial charge in [0, 0.05) is 23.7 Å². The van der Waals surface area contributed by atoms with E-state index in [0.717, 1.165) is 34.5 Å². The van der Waals surface area contributed by atoms with Crippen LogP contribution in [0.5, 0.6) is 5.75 Å². The van der Waals surface area contributed by atoms with Crippen LogP contribution in [-0.4, -0.2) is 9.78 Å². The SMILES string of the molecule is CCn1nc(COc2cc(N)ccc2C)c2ccccc21. The van der Waals surface area contributed by atoms with E-state index in [9.17, 15) is 0 Å². The summed E-state index contributed by atoms with van der Waals surface area (Å²) in [6.07, 6.45) is 0. The summed E-state index contributed by atoms with van der Waals surface area (Å²) in [6, 6.07) is 13.9. The molecule has 0 aliphatic rings. The first-order valence-corrected chi connectivity index (χ1v) is 7.12. The van der Waals surface area contributed by atoms with Crippen molar-refractivity contribution in [2.45, 2.75) is 27.0 Å². The van der Waals surface area contributed by atoms with Crippen LogP contribution in [0.1, 0.15) is 18.2 Å². The zero-order valence-electron chi connectivity index (χ0n) is 12.3. The van der Waals surface area contributed by atoms with Gasteiger partial charge in [0.1, 0.15) is 18.1 Å². The predicted molar refractivity (Wildman–Crippen MR) is 85.3 cm³/mol. The van der Waals surface area contributed by atoms with E-state index in [4.69, 9.17) is 10.5 Å². The van der Waals surface area contributed by atoms with Crippen LogP contribution in [0.25, 0.3) is 10.9 Å². The fourth-order valence-corrected chi connectivity index (χ4v) is 2.46. The Morgan fingerprint density at radius 3 is 2.81 bits per heavy atom. The van der Waals surface area contributed by atoms with Crippen LogP contribution < -0.4 is 10.5 Å². The fraction of sp³-hybridized carbons (Fsp3) is 0.235. The molecular weight excluding hydrogens is 262 g/mol. The lowest BCUT2D eigenvalue weighted by molar-refractivity contribution is 0.299. The Morgan fingerprint density at radius 1 is 1.19 bits per heavy atom. The third-order valence-corrected chi connectivity index (χ3v) is 3.61. The van der Waals surface area contributed by atoms with Gasteiger partial charge in [0.25, 0.3) is 0 Å². The number of aromatic nitrogens is 2. The average molecular weight is 281 g/mol. The topological polar surface area (TPSA) is 53.1 Å². The molecule has 21 heavy (non-hydrogen) atoms. The number of para-hydroxylation sites is 1. The minimum Gasteiger partial charge on any atom is -0.487 e. The molecule has 4 nitrogen and oxygen atoms in total. The first-order valence-electron chi connectivity index (χ1n) is 7.12. The van der Waals surface area contributed by atoms with E-state index in [0.29, 0.717) is 12.3 Å².